The Morgan fingerprint density at radius 2 is 1.58 bits per heavy atom. The topological polar surface area (TPSA) is 65.1 Å². The normalized spacial score (nSPS) is 11.6. The van der Waals surface area contributed by atoms with Gasteiger partial charge < -0.3 is 4.57 Å². The number of benzene rings is 2. The Bertz CT molecular complexity index is 957. The third kappa shape index (κ3) is 3.26. The molecule has 2 N–H and O–H groups in total. The Balaban J connectivity index is 2.07. The SMILES string of the molecule is CSc1ccc(-n2ccc(C)c2-c2ccc(S(N)(=O)=O)cc2)cc1. The zero-order valence-corrected chi connectivity index (χ0v) is 15.1. The molecule has 6 heteroatoms. The van der Waals surface area contributed by atoms with Crippen molar-refractivity contribution in [2.24, 2.45) is 5.14 Å². The summed E-state index contributed by atoms with van der Waals surface area (Å²) in [5.74, 6) is 0. The number of nitrogens with zero attached hydrogens (tertiary/aromatic N) is 1. The summed E-state index contributed by atoms with van der Waals surface area (Å²) in [6, 6.07) is 17.0. The first-order valence-electron chi connectivity index (χ1n) is 7.36. The minimum atomic E-state index is -3.68. The third-order valence-corrected chi connectivity index (χ3v) is 5.57. The van der Waals surface area contributed by atoms with Crippen molar-refractivity contribution in [3.05, 3.63) is 66.4 Å². The summed E-state index contributed by atoms with van der Waals surface area (Å²) < 4.78 is 24.9. The number of nitrogens with two attached hydrogens (primary N) is 1. The Labute approximate surface area is 146 Å². The maximum absolute atomic E-state index is 11.4. The molecule has 2 aromatic carbocycles. The van der Waals surface area contributed by atoms with Crippen molar-refractivity contribution < 1.29 is 8.42 Å². The second-order valence-corrected chi connectivity index (χ2v) is 7.93. The van der Waals surface area contributed by atoms with E-state index in [1.54, 1.807) is 23.9 Å². The zero-order chi connectivity index (χ0) is 17.3. The van der Waals surface area contributed by atoms with Gasteiger partial charge in [0.1, 0.15) is 0 Å². The van der Waals surface area contributed by atoms with Gasteiger partial charge >= 0.3 is 0 Å². The summed E-state index contributed by atoms with van der Waals surface area (Å²) in [5, 5.41) is 5.17. The van der Waals surface area contributed by atoms with Crippen LogP contribution >= 0.6 is 11.8 Å². The highest BCUT2D eigenvalue weighted by molar-refractivity contribution is 7.98. The van der Waals surface area contributed by atoms with Crippen molar-refractivity contribution in [3.63, 3.8) is 0 Å². The van der Waals surface area contributed by atoms with E-state index in [2.05, 4.69) is 28.8 Å². The van der Waals surface area contributed by atoms with Gasteiger partial charge in [0.15, 0.2) is 0 Å². The lowest BCUT2D eigenvalue weighted by Crippen LogP contribution is -2.11. The number of aromatic nitrogens is 1. The van der Waals surface area contributed by atoms with E-state index in [4.69, 9.17) is 5.14 Å². The molecule has 0 amide bonds. The summed E-state index contributed by atoms with van der Waals surface area (Å²) >= 11 is 1.70. The first-order valence-corrected chi connectivity index (χ1v) is 10.1. The average Bonchev–Trinajstić information content (AvgIpc) is 2.96. The van der Waals surface area contributed by atoms with Crippen LogP contribution in [-0.4, -0.2) is 19.2 Å². The monoisotopic (exact) mass is 358 g/mol. The quantitative estimate of drug-likeness (QED) is 0.721. The van der Waals surface area contributed by atoms with Crippen LogP contribution in [0.4, 0.5) is 0 Å². The van der Waals surface area contributed by atoms with E-state index in [9.17, 15) is 8.42 Å². The molecule has 3 aromatic rings. The largest absolute Gasteiger partial charge is 0.316 e. The summed E-state index contributed by atoms with van der Waals surface area (Å²) in [6.45, 7) is 2.04. The first-order chi connectivity index (χ1) is 11.4. The van der Waals surface area contributed by atoms with E-state index < -0.39 is 10.0 Å². The number of thioether (sulfide) groups is 1. The summed E-state index contributed by atoms with van der Waals surface area (Å²) in [7, 11) is -3.68. The number of hydrogen-bond acceptors (Lipinski definition) is 3. The Kier molecular flexibility index (Phi) is 4.54. The van der Waals surface area contributed by atoms with E-state index in [0.717, 1.165) is 22.5 Å². The van der Waals surface area contributed by atoms with Crippen molar-refractivity contribution in [3.8, 4) is 16.9 Å². The second-order valence-electron chi connectivity index (χ2n) is 5.48. The van der Waals surface area contributed by atoms with Crippen LogP contribution in [0.25, 0.3) is 16.9 Å². The van der Waals surface area contributed by atoms with Gasteiger partial charge in [0.2, 0.25) is 10.0 Å². The molecule has 0 unspecified atom stereocenters. The summed E-state index contributed by atoms with van der Waals surface area (Å²) in [4.78, 5) is 1.33. The Morgan fingerprint density at radius 1 is 0.958 bits per heavy atom. The van der Waals surface area contributed by atoms with Crippen molar-refractivity contribution >= 4 is 21.8 Å². The van der Waals surface area contributed by atoms with Crippen molar-refractivity contribution in [2.75, 3.05) is 6.26 Å². The lowest BCUT2D eigenvalue weighted by molar-refractivity contribution is 0.598. The number of hydrogen-bond donors (Lipinski definition) is 1. The minimum Gasteiger partial charge on any atom is -0.316 e. The zero-order valence-electron chi connectivity index (χ0n) is 13.4. The highest BCUT2D eigenvalue weighted by Gasteiger charge is 2.12. The molecular weight excluding hydrogens is 340 g/mol. The molecule has 4 nitrogen and oxygen atoms in total. The Hall–Kier alpha value is -2.02. The van der Waals surface area contributed by atoms with Crippen LogP contribution in [0.1, 0.15) is 5.56 Å². The summed E-state index contributed by atoms with van der Waals surface area (Å²) in [6.07, 6.45) is 4.07. The molecule has 1 aromatic heterocycles. The van der Waals surface area contributed by atoms with Crippen LogP contribution in [-0.2, 0) is 10.0 Å². The van der Waals surface area contributed by atoms with Gasteiger partial charge in [-0.1, -0.05) is 12.1 Å². The fraction of sp³-hybridized carbons (Fsp3) is 0.111. The number of primary sulfonamides is 1. The molecule has 24 heavy (non-hydrogen) atoms. The number of rotatable bonds is 4. The van der Waals surface area contributed by atoms with Gasteiger partial charge in [-0.2, -0.15) is 0 Å². The van der Waals surface area contributed by atoms with E-state index in [0.29, 0.717) is 0 Å². The standard InChI is InChI=1S/C18H18N2O2S2/c1-13-11-12-20(15-5-7-16(23-2)8-6-15)18(13)14-3-9-17(10-4-14)24(19,21)22/h3-12H,1-2H3,(H2,19,21,22). The molecule has 0 aliphatic carbocycles. The van der Waals surface area contributed by atoms with Gasteiger partial charge in [-0.3, -0.25) is 0 Å². The van der Waals surface area contributed by atoms with E-state index >= 15 is 0 Å². The molecule has 124 valence electrons. The van der Waals surface area contributed by atoms with Crippen molar-refractivity contribution in [1.82, 2.24) is 4.57 Å². The van der Waals surface area contributed by atoms with Gasteiger partial charge in [0.05, 0.1) is 10.6 Å². The number of aryl methyl sites for hydroxylation is 1. The first kappa shape index (κ1) is 16.8. The molecule has 0 aliphatic heterocycles. The molecule has 0 saturated carbocycles. The van der Waals surface area contributed by atoms with Gasteiger partial charge in [-0.25, -0.2) is 13.6 Å². The summed E-state index contributed by atoms with van der Waals surface area (Å²) in [5.41, 5.74) is 4.16. The molecule has 0 radical (unpaired) electrons. The van der Waals surface area contributed by atoms with Crippen LogP contribution in [0, 0.1) is 6.92 Å². The van der Waals surface area contributed by atoms with Gasteiger partial charge in [-0.05, 0) is 66.8 Å². The van der Waals surface area contributed by atoms with E-state index in [1.165, 1.54) is 17.0 Å². The number of sulfonamides is 1. The maximum atomic E-state index is 11.4. The van der Waals surface area contributed by atoms with E-state index in [1.807, 2.05) is 25.4 Å². The molecule has 0 bridgehead atoms. The van der Waals surface area contributed by atoms with Crippen LogP contribution < -0.4 is 5.14 Å². The Morgan fingerprint density at radius 3 is 2.12 bits per heavy atom. The van der Waals surface area contributed by atoms with Crippen LogP contribution in [0.2, 0.25) is 0 Å². The molecule has 3 rings (SSSR count). The fourth-order valence-electron chi connectivity index (χ4n) is 2.66. The van der Waals surface area contributed by atoms with Crippen LogP contribution in [0.3, 0.4) is 0 Å². The second kappa shape index (κ2) is 6.47. The van der Waals surface area contributed by atoms with E-state index in [-0.39, 0.29) is 4.90 Å². The molecule has 0 spiro atoms. The maximum Gasteiger partial charge on any atom is 0.238 e. The fourth-order valence-corrected chi connectivity index (χ4v) is 3.58. The molecule has 0 saturated heterocycles. The molecule has 1 heterocycles. The molecule has 0 atom stereocenters. The smallest absolute Gasteiger partial charge is 0.238 e. The van der Waals surface area contributed by atoms with Crippen LogP contribution in [0.5, 0.6) is 0 Å². The van der Waals surface area contributed by atoms with Crippen LogP contribution in [0.15, 0.2) is 70.6 Å². The highest BCUT2D eigenvalue weighted by atomic mass is 32.2. The predicted octanol–water partition coefficient (Wildman–Crippen LogP) is 3.82. The van der Waals surface area contributed by atoms with Crippen molar-refractivity contribution in [1.29, 1.82) is 0 Å². The van der Waals surface area contributed by atoms with Crippen molar-refractivity contribution in [2.45, 2.75) is 16.7 Å². The highest BCUT2D eigenvalue weighted by Crippen LogP contribution is 2.29. The average molecular weight is 358 g/mol. The minimum absolute atomic E-state index is 0.117. The van der Waals surface area contributed by atoms with Gasteiger partial charge in [0.25, 0.3) is 0 Å². The lowest BCUT2D eigenvalue weighted by atomic mass is 10.1. The molecule has 0 fully saturated rings. The van der Waals surface area contributed by atoms with Gasteiger partial charge in [0, 0.05) is 16.8 Å². The molecule has 0 aliphatic rings. The predicted molar refractivity (Wildman–Crippen MR) is 99.1 cm³/mol. The third-order valence-electron chi connectivity index (χ3n) is 3.89. The molecular formula is C18H18N2O2S2. The lowest BCUT2D eigenvalue weighted by Gasteiger charge is -2.12. The van der Waals surface area contributed by atoms with Gasteiger partial charge in [-0.15, -0.1) is 11.8 Å².